The van der Waals surface area contributed by atoms with Gasteiger partial charge in [-0.05, 0) is 31.2 Å². The molecule has 4 rings (SSSR count). The number of nitrogens with zero attached hydrogens (tertiary/aromatic N) is 4. The molecule has 0 fully saturated rings. The maximum atomic E-state index is 13.2. The molecule has 4 aromatic rings. The van der Waals surface area contributed by atoms with E-state index in [0.717, 1.165) is 16.9 Å². The first-order chi connectivity index (χ1) is 14.6. The lowest BCUT2D eigenvalue weighted by molar-refractivity contribution is 0.0935. The molecule has 7 heteroatoms. The lowest BCUT2D eigenvalue weighted by Crippen LogP contribution is -2.31. The summed E-state index contributed by atoms with van der Waals surface area (Å²) in [5.74, 6) is 1.09. The highest BCUT2D eigenvalue weighted by atomic mass is 16.5. The van der Waals surface area contributed by atoms with E-state index >= 15 is 0 Å². The van der Waals surface area contributed by atoms with Crippen LogP contribution in [-0.2, 0) is 7.05 Å². The maximum Gasteiger partial charge on any atom is 0.272 e. The van der Waals surface area contributed by atoms with Crippen molar-refractivity contribution in [2.24, 2.45) is 7.05 Å². The lowest BCUT2D eigenvalue weighted by Gasteiger charge is -2.20. The summed E-state index contributed by atoms with van der Waals surface area (Å²) in [5, 5.41) is 7.60. The van der Waals surface area contributed by atoms with E-state index in [1.807, 2.05) is 79.3 Å². The van der Waals surface area contributed by atoms with Gasteiger partial charge in [0.25, 0.3) is 5.91 Å². The second kappa shape index (κ2) is 8.24. The van der Waals surface area contributed by atoms with Crippen molar-refractivity contribution in [1.82, 2.24) is 24.6 Å². The van der Waals surface area contributed by atoms with E-state index in [9.17, 15) is 4.79 Å². The molecule has 152 valence electrons. The second-order valence-electron chi connectivity index (χ2n) is 6.96. The molecule has 7 nitrogen and oxygen atoms in total. The van der Waals surface area contributed by atoms with Gasteiger partial charge in [-0.15, -0.1) is 0 Å². The number of ether oxygens (including phenoxy) is 1. The number of carbonyl (C=O) groups is 1. The van der Waals surface area contributed by atoms with Gasteiger partial charge in [0.15, 0.2) is 5.69 Å². The number of imidazole rings is 1. The molecule has 1 amide bonds. The van der Waals surface area contributed by atoms with Crippen molar-refractivity contribution in [2.75, 3.05) is 7.11 Å². The molecule has 1 unspecified atom stereocenters. The molecule has 0 aliphatic rings. The standard InChI is InChI=1S/C23H23N5O2/c1-16-15-19(26-28(16)17-9-5-4-6-10-17)23(29)25-21(22-24-13-14-27(22)2)18-11-7-8-12-20(18)30-3/h4-15,21H,1-3H3,(H,25,29). The van der Waals surface area contributed by atoms with Crippen molar-refractivity contribution >= 4 is 5.91 Å². The third kappa shape index (κ3) is 3.69. The van der Waals surface area contributed by atoms with Crippen LogP contribution in [0.25, 0.3) is 5.69 Å². The Labute approximate surface area is 174 Å². The average molecular weight is 401 g/mol. The molecule has 2 aromatic carbocycles. The first-order valence-electron chi connectivity index (χ1n) is 9.61. The number of benzene rings is 2. The van der Waals surface area contributed by atoms with Crippen LogP contribution in [0.4, 0.5) is 0 Å². The highest BCUT2D eigenvalue weighted by Gasteiger charge is 2.25. The molecule has 0 bridgehead atoms. The van der Waals surface area contributed by atoms with E-state index < -0.39 is 6.04 Å². The van der Waals surface area contributed by atoms with Crippen LogP contribution in [0, 0.1) is 6.92 Å². The zero-order chi connectivity index (χ0) is 21.1. The smallest absolute Gasteiger partial charge is 0.272 e. The van der Waals surface area contributed by atoms with Crippen molar-refractivity contribution in [3.05, 3.63) is 95.8 Å². The van der Waals surface area contributed by atoms with Gasteiger partial charge in [0, 0.05) is 30.7 Å². The Hall–Kier alpha value is -3.87. The SMILES string of the molecule is COc1ccccc1C(NC(=O)c1cc(C)n(-c2ccccc2)n1)c1nccn1C. The third-order valence-electron chi connectivity index (χ3n) is 4.96. The minimum Gasteiger partial charge on any atom is -0.496 e. The van der Waals surface area contributed by atoms with Gasteiger partial charge >= 0.3 is 0 Å². The molecular formula is C23H23N5O2. The van der Waals surface area contributed by atoms with Crippen molar-refractivity contribution in [2.45, 2.75) is 13.0 Å². The molecule has 1 atom stereocenters. The van der Waals surface area contributed by atoms with E-state index in [1.165, 1.54) is 0 Å². The highest BCUT2D eigenvalue weighted by molar-refractivity contribution is 5.93. The Bertz CT molecular complexity index is 1160. The number of nitrogens with one attached hydrogen (secondary N) is 1. The Kier molecular flexibility index (Phi) is 5.34. The summed E-state index contributed by atoms with van der Waals surface area (Å²) in [4.78, 5) is 17.6. The van der Waals surface area contributed by atoms with Crippen LogP contribution in [-0.4, -0.2) is 32.3 Å². The molecular weight excluding hydrogens is 378 g/mol. The minimum absolute atomic E-state index is 0.285. The van der Waals surface area contributed by atoms with Crippen molar-refractivity contribution in [1.29, 1.82) is 0 Å². The number of para-hydroxylation sites is 2. The molecule has 2 aromatic heterocycles. The Morgan fingerprint density at radius 2 is 1.83 bits per heavy atom. The predicted octanol–water partition coefficient (Wildman–Crippen LogP) is 3.44. The summed E-state index contributed by atoms with van der Waals surface area (Å²) in [6.45, 7) is 1.92. The average Bonchev–Trinajstić information content (AvgIpc) is 3.38. The molecule has 0 saturated carbocycles. The van der Waals surface area contributed by atoms with Gasteiger partial charge in [-0.25, -0.2) is 9.67 Å². The Morgan fingerprint density at radius 1 is 1.10 bits per heavy atom. The molecule has 0 aliphatic heterocycles. The minimum atomic E-state index is -0.490. The van der Waals surface area contributed by atoms with Crippen LogP contribution in [0.1, 0.15) is 33.6 Å². The summed E-state index contributed by atoms with van der Waals surface area (Å²) >= 11 is 0. The number of hydrogen-bond acceptors (Lipinski definition) is 4. The molecule has 0 radical (unpaired) electrons. The Balaban J connectivity index is 1.69. The quantitative estimate of drug-likeness (QED) is 0.537. The molecule has 0 saturated heterocycles. The molecule has 30 heavy (non-hydrogen) atoms. The fraction of sp³-hybridized carbons (Fsp3) is 0.174. The monoisotopic (exact) mass is 401 g/mol. The van der Waals surface area contributed by atoms with Gasteiger partial charge in [0.2, 0.25) is 0 Å². The van der Waals surface area contributed by atoms with Crippen molar-refractivity contribution in [3.63, 3.8) is 0 Å². The third-order valence-corrected chi connectivity index (χ3v) is 4.96. The van der Waals surface area contributed by atoms with Crippen LogP contribution in [0.5, 0.6) is 5.75 Å². The number of aryl methyl sites for hydroxylation is 2. The summed E-state index contributed by atoms with van der Waals surface area (Å²) in [6.07, 6.45) is 3.55. The second-order valence-corrected chi connectivity index (χ2v) is 6.96. The van der Waals surface area contributed by atoms with Crippen molar-refractivity contribution in [3.8, 4) is 11.4 Å². The van der Waals surface area contributed by atoms with Crippen LogP contribution >= 0.6 is 0 Å². The summed E-state index contributed by atoms with van der Waals surface area (Å²) in [7, 11) is 3.51. The lowest BCUT2D eigenvalue weighted by atomic mass is 10.0. The normalized spacial score (nSPS) is 11.8. The van der Waals surface area contributed by atoms with E-state index in [2.05, 4.69) is 15.4 Å². The van der Waals surface area contributed by atoms with E-state index in [1.54, 1.807) is 24.1 Å². The fourth-order valence-corrected chi connectivity index (χ4v) is 3.46. The maximum absolute atomic E-state index is 13.2. The number of methoxy groups -OCH3 is 1. The van der Waals surface area contributed by atoms with Gasteiger partial charge in [0.1, 0.15) is 17.6 Å². The fourth-order valence-electron chi connectivity index (χ4n) is 3.46. The molecule has 1 N–H and O–H groups in total. The number of amides is 1. The molecule has 0 spiro atoms. The van der Waals surface area contributed by atoms with E-state index in [4.69, 9.17) is 4.74 Å². The predicted molar refractivity (Wildman–Crippen MR) is 114 cm³/mol. The van der Waals surface area contributed by atoms with Crippen molar-refractivity contribution < 1.29 is 9.53 Å². The first kappa shape index (κ1) is 19.4. The van der Waals surface area contributed by atoms with E-state index in [0.29, 0.717) is 17.3 Å². The van der Waals surface area contributed by atoms with Crippen LogP contribution < -0.4 is 10.1 Å². The van der Waals surface area contributed by atoms with E-state index in [-0.39, 0.29) is 5.91 Å². The molecule has 0 aliphatic carbocycles. The zero-order valence-corrected chi connectivity index (χ0v) is 17.1. The number of aromatic nitrogens is 4. The number of rotatable bonds is 6. The number of hydrogen-bond donors (Lipinski definition) is 1. The molecule has 2 heterocycles. The van der Waals surface area contributed by atoms with Gasteiger partial charge in [0.05, 0.1) is 12.8 Å². The zero-order valence-electron chi connectivity index (χ0n) is 17.1. The van der Waals surface area contributed by atoms with Crippen LogP contribution in [0.15, 0.2) is 73.1 Å². The van der Waals surface area contributed by atoms with Crippen LogP contribution in [0.2, 0.25) is 0 Å². The highest BCUT2D eigenvalue weighted by Crippen LogP contribution is 2.29. The van der Waals surface area contributed by atoms with Crippen LogP contribution in [0.3, 0.4) is 0 Å². The van der Waals surface area contributed by atoms with Gasteiger partial charge in [-0.3, -0.25) is 4.79 Å². The van der Waals surface area contributed by atoms with Gasteiger partial charge in [-0.2, -0.15) is 5.10 Å². The topological polar surface area (TPSA) is 74.0 Å². The summed E-state index contributed by atoms with van der Waals surface area (Å²) in [6, 6.07) is 18.6. The number of carbonyl (C=O) groups excluding carboxylic acids is 1. The largest absolute Gasteiger partial charge is 0.496 e. The van der Waals surface area contributed by atoms with Gasteiger partial charge < -0.3 is 14.6 Å². The summed E-state index contributed by atoms with van der Waals surface area (Å²) < 4.78 is 9.16. The Morgan fingerprint density at radius 3 is 2.53 bits per heavy atom. The summed E-state index contributed by atoms with van der Waals surface area (Å²) in [5.41, 5.74) is 2.93. The van der Waals surface area contributed by atoms with Gasteiger partial charge in [-0.1, -0.05) is 36.4 Å². The first-order valence-corrected chi connectivity index (χ1v) is 9.61.